The van der Waals surface area contributed by atoms with Crippen LogP contribution < -0.4 is 10.6 Å². The molecule has 22 heavy (non-hydrogen) atoms. The Morgan fingerprint density at radius 2 is 1.86 bits per heavy atom. The van der Waals surface area contributed by atoms with Crippen molar-refractivity contribution in [3.8, 4) is 0 Å². The van der Waals surface area contributed by atoms with Crippen molar-refractivity contribution in [2.24, 2.45) is 5.92 Å². The van der Waals surface area contributed by atoms with Crippen molar-refractivity contribution in [1.29, 1.82) is 0 Å². The number of carbonyl (C=O) groups is 3. The highest BCUT2D eigenvalue weighted by Gasteiger charge is 2.11. The van der Waals surface area contributed by atoms with Gasteiger partial charge in [0.2, 0.25) is 0 Å². The van der Waals surface area contributed by atoms with Crippen molar-refractivity contribution >= 4 is 18.0 Å². The first-order chi connectivity index (χ1) is 10.3. The largest absolute Gasteiger partial charge is 0.461 e. The summed E-state index contributed by atoms with van der Waals surface area (Å²) in [5.41, 5.74) is 0. The third-order valence-corrected chi connectivity index (χ3v) is 2.15. The molecule has 0 aromatic heterocycles. The Labute approximate surface area is 130 Å². The van der Waals surface area contributed by atoms with E-state index in [4.69, 9.17) is 9.47 Å². The zero-order chi connectivity index (χ0) is 17.0. The van der Waals surface area contributed by atoms with Crippen LogP contribution in [0.4, 0.5) is 4.79 Å². The molecule has 0 aliphatic heterocycles. The molecule has 1 unspecified atom stereocenters. The van der Waals surface area contributed by atoms with Crippen LogP contribution in [0.1, 0.15) is 20.8 Å². The van der Waals surface area contributed by atoms with Crippen LogP contribution in [0.25, 0.3) is 0 Å². The van der Waals surface area contributed by atoms with Crippen molar-refractivity contribution in [2.75, 3.05) is 26.3 Å². The molecule has 1 atom stereocenters. The summed E-state index contributed by atoms with van der Waals surface area (Å²) in [5.74, 6) is -0.842. The normalized spacial score (nSPS) is 11.5. The van der Waals surface area contributed by atoms with E-state index in [1.807, 2.05) is 13.8 Å². The smallest absolute Gasteiger partial charge is 0.330 e. The zero-order valence-electron chi connectivity index (χ0n) is 13.2. The summed E-state index contributed by atoms with van der Waals surface area (Å²) < 4.78 is 14.9. The van der Waals surface area contributed by atoms with Gasteiger partial charge in [0.15, 0.2) is 6.29 Å². The lowest BCUT2D eigenvalue weighted by atomic mass is 10.2. The molecular formula is C14H24N2O6. The van der Waals surface area contributed by atoms with Crippen LogP contribution in [0.3, 0.4) is 0 Å². The Morgan fingerprint density at radius 3 is 2.45 bits per heavy atom. The van der Waals surface area contributed by atoms with Gasteiger partial charge in [0.1, 0.15) is 13.2 Å². The van der Waals surface area contributed by atoms with E-state index in [1.165, 1.54) is 0 Å². The zero-order valence-corrected chi connectivity index (χ0v) is 13.2. The molecule has 0 saturated heterocycles. The summed E-state index contributed by atoms with van der Waals surface area (Å²) in [4.78, 5) is 33.5. The first kappa shape index (κ1) is 19.9. The van der Waals surface area contributed by atoms with Crippen LogP contribution in [0.2, 0.25) is 0 Å². The molecule has 0 aromatic rings. The van der Waals surface area contributed by atoms with Crippen molar-refractivity contribution in [3.05, 3.63) is 12.7 Å². The summed E-state index contributed by atoms with van der Waals surface area (Å²) in [6.45, 7) is 9.13. The number of rotatable bonds is 10. The molecule has 0 rings (SSSR count). The SMILES string of the molecule is C=CC(=O)OCCNC(=O)NCC(=O)OC(C)OCC(C)C. The van der Waals surface area contributed by atoms with Gasteiger partial charge in [-0.25, -0.2) is 9.59 Å². The fraction of sp³-hybridized carbons (Fsp3) is 0.643. The lowest BCUT2D eigenvalue weighted by molar-refractivity contribution is -0.175. The Kier molecular flexibility index (Phi) is 10.5. The molecule has 8 heteroatoms. The maximum absolute atomic E-state index is 11.4. The monoisotopic (exact) mass is 316 g/mol. The molecule has 0 fully saturated rings. The summed E-state index contributed by atoms with van der Waals surface area (Å²) in [6.07, 6.45) is 0.358. The van der Waals surface area contributed by atoms with Crippen LogP contribution >= 0.6 is 0 Å². The summed E-state index contributed by atoms with van der Waals surface area (Å²) >= 11 is 0. The van der Waals surface area contributed by atoms with E-state index in [1.54, 1.807) is 6.92 Å². The molecule has 0 saturated carbocycles. The number of amides is 2. The van der Waals surface area contributed by atoms with Gasteiger partial charge >= 0.3 is 18.0 Å². The van der Waals surface area contributed by atoms with E-state index in [2.05, 4.69) is 21.9 Å². The lowest BCUT2D eigenvalue weighted by Gasteiger charge is -2.15. The number of esters is 2. The van der Waals surface area contributed by atoms with E-state index >= 15 is 0 Å². The molecule has 0 bridgehead atoms. The van der Waals surface area contributed by atoms with Gasteiger partial charge in [-0.05, 0) is 12.8 Å². The molecule has 0 radical (unpaired) electrons. The van der Waals surface area contributed by atoms with Crippen molar-refractivity contribution in [3.63, 3.8) is 0 Å². The number of nitrogens with one attached hydrogen (secondary N) is 2. The number of hydrogen-bond donors (Lipinski definition) is 2. The summed E-state index contributed by atoms with van der Waals surface area (Å²) in [5, 5.41) is 4.72. The Morgan fingerprint density at radius 1 is 1.18 bits per heavy atom. The van der Waals surface area contributed by atoms with Gasteiger partial charge in [-0.3, -0.25) is 4.79 Å². The number of ether oxygens (including phenoxy) is 3. The quantitative estimate of drug-likeness (QED) is 0.264. The van der Waals surface area contributed by atoms with Gasteiger partial charge < -0.3 is 24.8 Å². The van der Waals surface area contributed by atoms with Gasteiger partial charge in [0.05, 0.1) is 13.2 Å². The molecule has 2 N–H and O–H groups in total. The molecule has 126 valence electrons. The molecule has 8 nitrogen and oxygen atoms in total. The van der Waals surface area contributed by atoms with Gasteiger partial charge in [-0.2, -0.15) is 0 Å². The predicted molar refractivity (Wildman–Crippen MR) is 78.9 cm³/mol. The van der Waals surface area contributed by atoms with Gasteiger partial charge in [-0.15, -0.1) is 0 Å². The minimum Gasteiger partial charge on any atom is -0.461 e. The van der Waals surface area contributed by atoms with Crippen molar-refractivity contribution < 1.29 is 28.6 Å². The highest BCUT2D eigenvalue weighted by Crippen LogP contribution is 1.99. The second-order valence-corrected chi connectivity index (χ2v) is 4.77. The average molecular weight is 316 g/mol. The van der Waals surface area contributed by atoms with E-state index in [0.717, 1.165) is 6.08 Å². The Balaban J connectivity index is 3.70. The van der Waals surface area contributed by atoms with E-state index in [0.29, 0.717) is 12.5 Å². The summed E-state index contributed by atoms with van der Waals surface area (Å²) in [7, 11) is 0. The first-order valence-corrected chi connectivity index (χ1v) is 6.97. The topological polar surface area (TPSA) is 103 Å². The van der Waals surface area contributed by atoms with E-state index in [-0.39, 0.29) is 19.7 Å². The fourth-order valence-corrected chi connectivity index (χ4v) is 1.18. The standard InChI is InChI=1S/C14H24N2O6/c1-5-12(17)20-7-6-15-14(19)16-8-13(18)22-11(4)21-9-10(2)3/h5,10-11H,1,6-9H2,2-4H3,(H2,15,16,19). The number of carbonyl (C=O) groups excluding carboxylic acids is 3. The van der Waals surface area contributed by atoms with Crippen LogP contribution in [0.5, 0.6) is 0 Å². The Hall–Kier alpha value is -2.09. The minimum atomic E-state index is -0.668. The molecule has 0 aliphatic rings. The van der Waals surface area contributed by atoms with Crippen LogP contribution in [0, 0.1) is 5.92 Å². The molecular weight excluding hydrogens is 292 g/mol. The third-order valence-electron chi connectivity index (χ3n) is 2.15. The second-order valence-electron chi connectivity index (χ2n) is 4.77. The van der Waals surface area contributed by atoms with Crippen LogP contribution in [-0.4, -0.2) is 50.6 Å². The minimum absolute atomic E-state index is 0.0167. The van der Waals surface area contributed by atoms with Crippen molar-refractivity contribution in [1.82, 2.24) is 10.6 Å². The third kappa shape index (κ3) is 11.7. The van der Waals surface area contributed by atoms with Crippen molar-refractivity contribution in [2.45, 2.75) is 27.1 Å². The number of hydrogen-bond acceptors (Lipinski definition) is 6. The average Bonchev–Trinajstić information content (AvgIpc) is 2.47. The fourth-order valence-electron chi connectivity index (χ4n) is 1.18. The molecule has 0 spiro atoms. The second kappa shape index (κ2) is 11.6. The molecule has 0 heterocycles. The maximum Gasteiger partial charge on any atom is 0.330 e. The first-order valence-electron chi connectivity index (χ1n) is 6.97. The lowest BCUT2D eigenvalue weighted by Crippen LogP contribution is -2.41. The maximum atomic E-state index is 11.4. The Bertz CT molecular complexity index is 384. The number of urea groups is 1. The van der Waals surface area contributed by atoms with E-state index in [9.17, 15) is 14.4 Å². The van der Waals surface area contributed by atoms with Crippen LogP contribution in [0.15, 0.2) is 12.7 Å². The van der Waals surface area contributed by atoms with Crippen LogP contribution in [-0.2, 0) is 23.8 Å². The van der Waals surface area contributed by atoms with Gasteiger partial charge in [0, 0.05) is 6.08 Å². The van der Waals surface area contributed by atoms with Gasteiger partial charge in [-0.1, -0.05) is 20.4 Å². The molecule has 0 aliphatic carbocycles. The van der Waals surface area contributed by atoms with Gasteiger partial charge in [0.25, 0.3) is 0 Å². The summed E-state index contributed by atoms with van der Waals surface area (Å²) in [6, 6.07) is -0.567. The molecule has 2 amide bonds. The van der Waals surface area contributed by atoms with E-state index < -0.39 is 24.3 Å². The highest BCUT2D eigenvalue weighted by molar-refractivity contribution is 5.81. The highest BCUT2D eigenvalue weighted by atomic mass is 16.7. The predicted octanol–water partition coefficient (Wildman–Crippen LogP) is 0.577. The molecule has 0 aromatic carbocycles.